The van der Waals surface area contributed by atoms with Crippen molar-refractivity contribution in [2.45, 2.75) is 0 Å². The molecule has 1 N–H and O–H groups in total. The maximum Gasteiger partial charge on any atom is 0.337 e. The predicted octanol–water partition coefficient (Wildman–Crippen LogP) is 2.58. The minimum atomic E-state index is -1.02. The summed E-state index contributed by atoms with van der Waals surface area (Å²) < 4.78 is 10.5. The summed E-state index contributed by atoms with van der Waals surface area (Å²) in [6.45, 7) is 0. The van der Waals surface area contributed by atoms with Gasteiger partial charge in [-0.05, 0) is 30.3 Å². The fourth-order valence-corrected chi connectivity index (χ4v) is 1.33. The molecule has 2 rings (SSSR count). The van der Waals surface area contributed by atoms with Crippen molar-refractivity contribution in [3.05, 3.63) is 48.2 Å². The molecule has 0 fully saturated rings. The van der Waals surface area contributed by atoms with Gasteiger partial charge in [-0.15, -0.1) is 0 Å². The van der Waals surface area contributed by atoms with Crippen LogP contribution in [0.4, 0.5) is 0 Å². The zero-order valence-corrected chi connectivity index (χ0v) is 9.66. The number of hydrogen-bond donors (Lipinski definition) is 1. The number of aromatic carboxylic acids is 1. The summed E-state index contributed by atoms with van der Waals surface area (Å²) >= 11 is 0. The maximum absolute atomic E-state index is 10.6. The van der Waals surface area contributed by atoms with Gasteiger partial charge in [-0.2, -0.15) is 0 Å². The topological polar surface area (TPSA) is 68.7 Å². The summed E-state index contributed by atoms with van der Waals surface area (Å²) in [7, 11) is 1.59. The van der Waals surface area contributed by atoms with Crippen LogP contribution in [0.2, 0.25) is 0 Å². The Balaban J connectivity index is 2.10. The molecule has 18 heavy (non-hydrogen) atoms. The second-order valence-electron chi connectivity index (χ2n) is 3.47. The molecule has 0 atom stereocenters. The quantitative estimate of drug-likeness (QED) is 0.896. The largest absolute Gasteiger partial charge is 0.497 e. The van der Waals surface area contributed by atoms with Gasteiger partial charge in [0.1, 0.15) is 11.5 Å². The van der Waals surface area contributed by atoms with E-state index in [4.69, 9.17) is 14.6 Å². The molecule has 0 aliphatic rings. The Morgan fingerprint density at radius 2 is 1.78 bits per heavy atom. The monoisotopic (exact) mass is 245 g/mol. The Morgan fingerprint density at radius 3 is 2.28 bits per heavy atom. The fraction of sp³-hybridized carbons (Fsp3) is 0.0769. The van der Waals surface area contributed by atoms with Gasteiger partial charge in [0.05, 0.1) is 12.7 Å². The highest BCUT2D eigenvalue weighted by molar-refractivity contribution is 5.87. The Kier molecular flexibility index (Phi) is 3.43. The smallest absolute Gasteiger partial charge is 0.337 e. The Labute approximate surface area is 104 Å². The Hall–Kier alpha value is -2.56. The van der Waals surface area contributed by atoms with Crippen LogP contribution < -0.4 is 9.47 Å². The van der Waals surface area contributed by atoms with E-state index >= 15 is 0 Å². The summed E-state index contributed by atoms with van der Waals surface area (Å²) in [4.78, 5) is 14.5. The molecule has 92 valence electrons. The van der Waals surface area contributed by atoms with E-state index < -0.39 is 5.97 Å². The highest BCUT2D eigenvalue weighted by atomic mass is 16.5. The minimum absolute atomic E-state index is 0.122. The zero-order chi connectivity index (χ0) is 13.0. The lowest BCUT2D eigenvalue weighted by molar-refractivity contribution is 0.0696. The van der Waals surface area contributed by atoms with E-state index in [1.807, 2.05) is 0 Å². The van der Waals surface area contributed by atoms with E-state index in [0.717, 1.165) is 5.75 Å². The molecule has 1 aromatic heterocycles. The minimum Gasteiger partial charge on any atom is -0.497 e. The molecule has 0 aliphatic carbocycles. The molecule has 5 nitrogen and oxygen atoms in total. The number of carbonyl (C=O) groups is 1. The van der Waals surface area contributed by atoms with Gasteiger partial charge in [-0.1, -0.05) is 0 Å². The molecule has 0 saturated heterocycles. The average Bonchev–Trinajstić information content (AvgIpc) is 2.40. The van der Waals surface area contributed by atoms with E-state index in [1.54, 1.807) is 31.4 Å². The highest BCUT2D eigenvalue weighted by Crippen LogP contribution is 2.22. The molecule has 1 heterocycles. The van der Waals surface area contributed by atoms with Crippen molar-refractivity contribution < 1.29 is 19.4 Å². The van der Waals surface area contributed by atoms with Crippen molar-refractivity contribution in [3.8, 4) is 17.4 Å². The zero-order valence-electron chi connectivity index (χ0n) is 9.66. The van der Waals surface area contributed by atoms with E-state index in [9.17, 15) is 4.79 Å². The second-order valence-corrected chi connectivity index (χ2v) is 3.47. The normalized spacial score (nSPS) is 9.83. The van der Waals surface area contributed by atoms with Crippen molar-refractivity contribution in [3.63, 3.8) is 0 Å². The summed E-state index contributed by atoms with van der Waals surface area (Å²) in [5.74, 6) is 0.659. The first-order valence-electron chi connectivity index (χ1n) is 5.20. The van der Waals surface area contributed by atoms with Crippen LogP contribution in [0.25, 0.3) is 0 Å². The molecular formula is C13H11NO4. The molecule has 0 saturated carbocycles. The third kappa shape index (κ3) is 2.76. The first kappa shape index (κ1) is 11.9. The van der Waals surface area contributed by atoms with E-state index in [1.165, 1.54) is 18.3 Å². The number of methoxy groups -OCH3 is 1. The number of aromatic nitrogens is 1. The fourth-order valence-electron chi connectivity index (χ4n) is 1.33. The lowest BCUT2D eigenvalue weighted by Crippen LogP contribution is -1.97. The van der Waals surface area contributed by atoms with Crippen LogP contribution >= 0.6 is 0 Å². The molecule has 0 unspecified atom stereocenters. The van der Waals surface area contributed by atoms with Gasteiger partial charge in [0.25, 0.3) is 0 Å². The number of carboxylic acid groups (broad SMARTS) is 1. The van der Waals surface area contributed by atoms with Gasteiger partial charge in [0.15, 0.2) is 0 Å². The lowest BCUT2D eigenvalue weighted by atomic mass is 10.3. The molecule has 2 aromatic rings. The summed E-state index contributed by atoms with van der Waals surface area (Å²) in [6, 6.07) is 9.96. The molecule has 0 radical (unpaired) electrons. The second kappa shape index (κ2) is 5.18. The van der Waals surface area contributed by atoms with Crippen molar-refractivity contribution >= 4 is 5.97 Å². The maximum atomic E-state index is 10.6. The average molecular weight is 245 g/mol. The molecular weight excluding hydrogens is 234 g/mol. The number of carboxylic acids is 1. The Morgan fingerprint density at radius 1 is 1.11 bits per heavy atom. The van der Waals surface area contributed by atoms with E-state index in [0.29, 0.717) is 11.6 Å². The summed E-state index contributed by atoms with van der Waals surface area (Å²) in [6.07, 6.45) is 1.25. The van der Waals surface area contributed by atoms with Crippen LogP contribution in [0.1, 0.15) is 10.4 Å². The van der Waals surface area contributed by atoms with Gasteiger partial charge in [0.2, 0.25) is 5.88 Å². The Bertz CT molecular complexity index is 534. The molecule has 0 aliphatic heterocycles. The summed E-state index contributed by atoms with van der Waals surface area (Å²) in [5.41, 5.74) is 0.122. The standard InChI is InChI=1S/C13H11NO4/c1-17-10-3-5-11(6-4-10)18-12-7-2-9(8-14-12)13(15)16/h2-8H,1H3,(H,15,16). The number of ether oxygens (including phenoxy) is 2. The van der Waals surface area contributed by atoms with Crippen LogP contribution in [0.3, 0.4) is 0 Å². The van der Waals surface area contributed by atoms with E-state index in [2.05, 4.69) is 4.98 Å². The van der Waals surface area contributed by atoms with Gasteiger partial charge in [-0.3, -0.25) is 0 Å². The van der Waals surface area contributed by atoms with Crippen molar-refractivity contribution in [2.75, 3.05) is 7.11 Å². The van der Waals surface area contributed by atoms with Crippen LogP contribution in [-0.2, 0) is 0 Å². The van der Waals surface area contributed by atoms with Gasteiger partial charge < -0.3 is 14.6 Å². The summed E-state index contributed by atoms with van der Waals surface area (Å²) in [5, 5.41) is 8.73. The third-order valence-electron chi connectivity index (χ3n) is 2.27. The van der Waals surface area contributed by atoms with Crippen molar-refractivity contribution in [2.24, 2.45) is 0 Å². The van der Waals surface area contributed by atoms with Crippen molar-refractivity contribution in [1.82, 2.24) is 4.98 Å². The van der Waals surface area contributed by atoms with Crippen LogP contribution in [0.5, 0.6) is 17.4 Å². The van der Waals surface area contributed by atoms with Crippen molar-refractivity contribution in [1.29, 1.82) is 0 Å². The van der Waals surface area contributed by atoms with Crippen LogP contribution in [0, 0.1) is 0 Å². The van der Waals surface area contributed by atoms with Gasteiger partial charge in [-0.25, -0.2) is 9.78 Å². The highest BCUT2D eigenvalue weighted by Gasteiger charge is 2.04. The number of rotatable bonds is 4. The molecule has 0 spiro atoms. The third-order valence-corrected chi connectivity index (χ3v) is 2.27. The first-order chi connectivity index (χ1) is 8.69. The lowest BCUT2D eigenvalue weighted by Gasteiger charge is -2.05. The number of nitrogens with zero attached hydrogens (tertiary/aromatic N) is 1. The predicted molar refractivity (Wildman–Crippen MR) is 64.3 cm³/mol. The molecule has 1 aromatic carbocycles. The van der Waals surface area contributed by atoms with Gasteiger partial charge >= 0.3 is 5.97 Å². The molecule has 0 amide bonds. The number of benzene rings is 1. The number of hydrogen-bond acceptors (Lipinski definition) is 4. The van der Waals surface area contributed by atoms with Gasteiger partial charge in [0, 0.05) is 12.3 Å². The van der Waals surface area contributed by atoms with E-state index in [-0.39, 0.29) is 5.56 Å². The number of pyridine rings is 1. The molecule has 0 bridgehead atoms. The van der Waals surface area contributed by atoms with Crippen LogP contribution in [0.15, 0.2) is 42.6 Å². The van der Waals surface area contributed by atoms with Crippen LogP contribution in [-0.4, -0.2) is 23.2 Å². The molecule has 5 heteroatoms. The SMILES string of the molecule is COc1ccc(Oc2ccc(C(=O)O)cn2)cc1. The first-order valence-corrected chi connectivity index (χ1v) is 5.20.